The van der Waals surface area contributed by atoms with Crippen molar-refractivity contribution in [1.29, 1.82) is 0 Å². The first kappa shape index (κ1) is 14.3. The van der Waals surface area contributed by atoms with Gasteiger partial charge in [0.1, 0.15) is 0 Å². The molecular weight excluding hydrogens is 282 g/mol. The molecule has 0 radical (unpaired) electrons. The van der Waals surface area contributed by atoms with E-state index in [2.05, 4.69) is 15.9 Å². The van der Waals surface area contributed by atoms with Crippen molar-refractivity contribution in [2.24, 2.45) is 5.73 Å². The summed E-state index contributed by atoms with van der Waals surface area (Å²) in [6, 6.07) is 4.01. The SMILES string of the molecule is CCOc1cc(Br)c(CCCN)cc1OCC. The van der Waals surface area contributed by atoms with E-state index in [0.717, 1.165) is 28.8 Å². The molecule has 0 heterocycles. The molecule has 1 aromatic rings. The van der Waals surface area contributed by atoms with Crippen molar-refractivity contribution in [2.45, 2.75) is 26.7 Å². The van der Waals surface area contributed by atoms with Crippen LogP contribution in [0.2, 0.25) is 0 Å². The molecule has 1 aromatic carbocycles. The Kier molecular flexibility index (Phi) is 6.37. The number of nitrogens with two attached hydrogens (primary N) is 1. The normalized spacial score (nSPS) is 10.4. The minimum Gasteiger partial charge on any atom is -0.490 e. The number of ether oxygens (including phenoxy) is 2. The molecule has 1 rings (SSSR count). The van der Waals surface area contributed by atoms with E-state index in [9.17, 15) is 0 Å². The average Bonchev–Trinajstić information content (AvgIpc) is 2.31. The minimum atomic E-state index is 0.634. The maximum absolute atomic E-state index is 5.59. The smallest absolute Gasteiger partial charge is 0.162 e. The molecule has 0 unspecified atom stereocenters. The van der Waals surface area contributed by atoms with Gasteiger partial charge in [0, 0.05) is 4.47 Å². The molecule has 0 aliphatic rings. The van der Waals surface area contributed by atoms with Gasteiger partial charge in [0.05, 0.1) is 13.2 Å². The van der Waals surface area contributed by atoms with E-state index >= 15 is 0 Å². The van der Waals surface area contributed by atoms with Crippen LogP contribution in [0.3, 0.4) is 0 Å². The Morgan fingerprint density at radius 1 is 1.12 bits per heavy atom. The van der Waals surface area contributed by atoms with Gasteiger partial charge >= 0.3 is 0 Å². The number of hydrogen-bond acceptors (Lipinski definition) is 3. The van der Waals surface area contributed by atoms with Crippen LogP contribution in [0.15, 0.2) is 16.6 Å². The van der Waals surface area contributed by atoms with E-state index < -0.39 is 0 Å². The Morgan fingerprint density at radius 3 is 2.24 bits per heavy atom. The van der Waals surface area contributed by atoms with Gasteiger partial charge in [-0.3, -0.25) is 0 Å². The van der Waals surface area contributed by atoms with Gasteiger partial charge in [-0.25, -0.2) is 0 Å². The fourth-order valence-corrected chi connectivity index (χ4v) is 2.12. The van der Waals surface area contributed by atoms with Crippen molar-refractivity contribution in [3.8, 4) is 11.5 Å². The van der Waals surface area contributed by atoms with Crippen LogP contribution in [0, 0.1) is 0 Å². The summed E-state index contributed by atoms with van der Waals surface area (Å²) >= 11 is 3.56. The highest BCUT2D eigenvalue weighted by atomic mass is 79.9. The molecule has 0 saturated heterocycles. The first-order chi connectivity index (χ1) is 8.22. The molecule has 17 heavy (non-hydrogen) atoms. The second-order valence-electron chi connectivity index (χ2n) is 3.65. The van der Waals surface area contributed by atoms with Crippen molar-refractivity contribution >= 4 is 15.9 Å². The van der Waals surface area contributed by atoms with Gasteiger partial charge in [0.25, 0.3) is 0 Å². The summed E-state index contributed by atoms with van der Waals surface area (Å²) in [7, 11) is 0. The number of hydrogen-bond donors (Lipinski definition) is 1. The molecular formula is C13H20BrNO2. The first-order valence-electron chi connectivity index (χ1n) is 6.01. The Hall–Kier alpha value is -0.740. The van der Waals surface area contributed by atoms with Crippen LogP contribution < -0.4 is 15.2 Å². The van der Waals surface area contributed by atoms with Crippen LogP contribution >= 0.6 is 15.9 Å². The summed E-state index contributed by atoms with van der Waals surface area (Å²) in [4.78, 5) is 0. The molecule has 0 spiro atoms. The zero-order valence-electron chi connectivity index (χ0n) is 10.5. The van der Waals surface area contributed by atoms with E-state index in [1.165, 1.54) is 5.56 Å². The number of halogens is 1. The molecule has 0 aromatic heterocycles. The van der Waals surface area contributed by atoms with Crippen LogP contribution in [-0.4, -0.2) is 19.8 Å². The topological polar surface area (TPSA) is 44.5 Å². The molecule has 0 aliphatic heterocycles. The third-order valence-electron chi connectivity index (χ3n) is 2.36. The summed E-state index contributed by atoms with van der Waals surface area (Å²) in [5, 5.41) is 0. The fourth-order valence-electron chi connectivity index (χ4n) is 1.60. The monoisotopic (exact) mass is 301 g/mol. The summed E-state index contributed by atoms with van der Waals surface area (Å²) in [5.74, 6) is 1.60. The van der Waals surface area contributed by atoms with E-state index in [1.54, 1.807) is 0 Å². The lowest BCUT2D eigenvalue weighted by molar-refractivity contribution is 0.287. The Morgan fingerprint density at radius 2 is 1.71 bits per heavy atom. The van der Waals surface area contributed by atoms with Gasteiger partial charge in [-0.2, -0.15) is 0 Å². The molecule has 0 bridgehead atoms. The average molecular weight is 302 g/mol. The highest BCUT2D eigenvalue weighted by Gasteiger charge is 2.10. The quantitative estimate of drug-likeness (QED) is 0.841. The lowest BCUT2D eigenvalue weighted by Gasteiger charge is -2.14. The van der Waals surface area contributed by atoms with Crippen molar-refractivity contribution in [1.82, 2.24) is 0 Å². The molecule has 0 aliphatic carbocycles. The van der Waals surface area contributed by atoms with Crippen LogP contribution in [0.5, 0.6) is 11.5 Å². The van der Waals surface area contributed by atoms with Crippen LogP contribution in [-0.2, 0) is 6.42 Å². The van der Waals surface area contributed by atoms with Gasteiger partial charge in [0.15, 0.2) is 11.5 Å². The van der Waals surface area contributed by atoms with Gasteiger partial charge in [-0.05, 0) is 50.9 Å². The molecule has 4 heteroatoms. The summed E-state index contributed by atoms with van der Waals surface area (Å²) in [5.41, 5.74) is 6.74. The zero-order valence-corrected chi connectivity index (χ0v) is 12.0. The predicted molar refractivity (Wildman–Crippen MR) is 73.9 cm³/mol. The Labute approximate surface area is 111 Å². The van der Waals surface area contributed by atoms with Gasteiger partial charge in [-0.1, -0.05) is 15.9 Å². The lowest BCUT2D eigenvalue weighted by atomic mass is 10.1. The summed E-state index contributed by atoms with van der Waals surface area (Å²) < 4.78 is 12.2. The third kappa shape index (κ3) is 4.21. The van der Waals surface area contributed by atoms with Crippen molar-refractivity contribution in [3.63, 3.8) is 0 Å². The standard InChI is InChI=1S/C13H20BrNO2/c1-3-16-12-8-10(6-5-7-15)11(14)9-13(12)17-4-2/h8-9H,3-7,15H2,1-2H3. The Bertz CT molecular complexity index is 356. The van der Waals surface area contributed by atoms with E-state index in [1.807, 2.05) is 26.0 Å². The largest absolute Gasteiger partial charge is 0.490 e. The number of benzene rings is 1. The van der Waals surface area contributed by atoms with Crippen LogP contribution in [0.1, 0.15) is 25.8 Å². The van der Waals surface area contributed by atoms with Crippen molar-refractivity contribution < 1.29 is 9.47 Å². The molecule has 0 saturated carbocycles. The molecule has 96 valence electrons. The van der Waals surface area contributed by atoms with Crippen LogP contribution in [0.4, 0.5) is 0 Å². The molecule has 0 atom stereocenters. The van der Waals surface area contributed by atoms with Crippen molar-refractivity contribution in [3.05, 3.63) is 22.2 Å². The number of aryl methyl sites for hydroxylation is 1. The first-order valence-corrected chi connectivity index (χ1v) is 6.80. The predicted octanol–water partition coefficient (Wildman–Crippen LogP) is 3.14. The van der Waals surface area contributed by atoms with E-state index in [0.29, 0.717) is 19.8 Å². The fraction of sp³-hybridized carbons (Fsp3) is 0.538. The summed E-state index contributed by atoms with van der Waals surface area (Å²) in [6.45, 7) is 5.90. The lowest BCUT2D eigenvalue weighted by Crippen LogP contribution is -2.03. The maximum atomic E-state index is 5.59. The third-order valence-corrected chi connectivity index (χ3v) is 3.10. The summed E-state index contributed by atoms with van der Waals surface area (Å²) in [6.07, 6.45) is 1.92. The highest BCUT2D eigenvalue weighted by Crippen LogP contribution is 2.34. The second kappa shape index (κ2) is 7.56. The molecule has 0 amide bonds. The molecule has 3 nitrogen and oxygen atoms in total. The molecule has 0 fully saturated rings. The Balaban J connectivity index is 2.96. The number of rotatable bonds is 7. The highest BCUT2D eigenvalue weighted by molar-refractivity contribution is 9.10. The van der Waals surface area contributed by atoms with E-state index in [4.69, 9.17) is 15.2 Å². The van der Waals surface area contributed by atoms with Gasteiger partial charge < -0.3 is 15.2 Å². The van der Waals surface area contributed by atoms with Crippen molar-refractivity contribution in [2.75, 3.05) is 19.8 Å². The molecule has 2 N–H and O–H groups in total. The zero-order chi connectivity index (χ0) is 12.7. The van der Waals surface area contributed by atoms with E-state index in [-0.39, 0.29) is 0 Å². The van der Waals surface area contributed by atoms with Gasteiger partial charge in [0.2, 0.25) is 0 Å². The minimum absolute atomic E-state index is 0.634. The van der Waals surface area contributed by atoms with Crippen LogP contribution in [0.25, 0.3) is 0 Å². The maximum Gasteiger partial charge on any atom is 0.162 e. The van der Waals surface area contributed by atoms with Gasteiger partial charge in [-0.15, -0.1) is 0 Å². The second-order valence-corrected chi connectivity index (χ2v) is 4.50.